The molecule has 0 aliphatic heterocycles. The molecular weight excluding hydrogens is 328 g/mol. The minimum absolute atomic E-state index is 0.0971. The maximum absolute atomic E-state index is 11.0. The number of hydrogen-bond acceptors (Lipinski definition) is 4. The summed E-state index contributed by atoms with van der Waals surface area (Å²) in [5.41, 5.74) is 1.32. The van der Waals surface area contributed by atoms with Crippen LogP contribution < -0.4 is 9.47 Å². The molecule has 1 aromatic rings. The second-order valence-electron chi connectivity index (χ2n) is 7.21. The van der Waals surface area contributed by atoms with Crippen LogP contribution in [0.1, 0.15) is 76.2 Å². The molecule has 0 unspecified atom stereocenters. The average molecular weight is 363 g/mol. The highest BCUT2D eigenvalue weighted by atomic mass is 16.5. The Hall–Kier alpha value is -1.71. The summed E-state index contributed by atoms with van der Waals surface area (Å²) in [6, 6.07) is 6.34. The van der Waals surface area contributed by atoms with Crippen LogP contribution in [-0.4, -0.2) is 26.3 Å². The number of ether oxygens (including phenoxy) is 3. The second-order valence-corrected chi connectivity index (χ2v) is 7.21. The molecule has 0 radical (unpaired) electrons. The third-order valence-corrected chi connectivity index (χ3v) is 5.15. The van der Waals surface area contributed by atoms with Gasteiger partial charge in [-0.2, -0.15) is 0 Å². The van der Waals surface area contributed by atoms with Gasteiger partial charge in [0.05, 0.1) is 20.3 Å². The Morgan fingerprint density at radius 3 is 2.35 bits per heavy atom. The van der Waals surface area contributed by atoms with Crippen molar-refractivity contribution in [3.63, 3.8) is 0 Å². The Morgan fingerprint density at radius 1 is 0.962 bits per heavy atom. The zero-order chi connectivity index (χ0) is 18.6. The lowest BCUT2D eigenvalue weighted by Crippen LogP contribution is -2.11. The fourth-order valence-corrected chi connectivity index (χ4v) is 3.56. The van der Waals surface area contributed by atoms with Gasteiger partial charge in [-0.1, -0.05) is 31.7 Å². The van der Waals surface area contributed by atoms with Gasteiger partial charge < -0.3 is 14.2 Å². The lowest BCUT2D eigenvalue weighted by atomic mass is 10.0. The van der Waals surface area contributed by atoms with Crippen LogP contribution >= 0.6 is 0 Å². The molecule has 26 heavy (non-hydrogen) atoms. The van der Waals surface area contributed by atoms with Crippen LogP contribution in [0.15, 0.2) is 18.2 Å². The Kier molecular flexibility index (Phi) is 9.36. The minimum atomic E-state index is -0.0971. The van der Waals surface area contributed by atoms with E-state index in [1.807, 2.05) is 6.07 Å². The molecule has 1 aliphatic carbocycles. The SMILES string of the molecule is COC(=O)CCCCCCCCc1ccc(OC)c(OC2CCCC2)c1. The summed E-state index contributed by atoms with van der Waals surface area (Å²) in [5, 5.41) is 0. The number of methoxy groups -OCH3 is 2. The van der Waals surface area contributed by atoms with Gasteiger partial charge in [0, 0.05) is 6.42 Å². The van der Waals surface area contributed by atoms with Crippen molar-refractivity contribution in [1.29, 1.82) is 0 Å². The summed E-state index contributed by atoms with van der Waals surface area (Å²) in [7, 11) is 3.16. The number of carbonyl (C=O) groups excluding carboxylic acids is 1. The van der Waals surface area contributed by atoms with Crippen LogP contribution in [0.4, 0.5) is 0 Å². The lowest BCUT2D eigenvalue weighted by molar-refractivity contribution is -0.140. The molecule has 0 N–H and O–H groups in total. The van der Waals surface area contributed by atoms with Crippen LogP contribution in [0, 0.1) is 0 Å². The topological polar surface area (TPSA) is 44.8 Å². The number of benzene rings is 1. The van der Waals surface area contributed by atoms with Crippen molar-refractivity contribution in [1.82, 2.24) is 0 Å². The Bertz CT molecular complexity index is 535. The summed E-state index contributed by atoms with van der Waals surface area (Å²) in [4.78, 5) is 11.0. The summed E-state index contributed by atoms with van der Waals surface area (Å²) in [5.74, 6) is 1.64. The van der Waals surface area contributed by atoms with Gasteiger partial charge in [0.25, 0.3) is 0 Å². The number of unbranched alkanes of at least 4 members (excludes halogenated alkanes) is 5. The first-order valence-corrected chi connectivity index (χ1v) is 10.1. The third kappa shape index (κ3) is 7.27. The van der Waals surface area contributed by atoms with E-state index in [2.05, 4.69) is 16.9 Å². The van der Waals surface area contributed by atoms with Crippen LogP contribution in [0.3, 0.4) is 0 Å². The van der Waals surface area contributed by atoms with Gasteiger partial charge >= 0.3 is 5.97 Å². The molecule has 4 nitrogen and oxygen atoms in total. The summed E-state index contributed by atoms with van der Waals surface area (Å²) >= 11 is 0. The second kappa shape index (κ2) is 11.8. The van der Waals surface area contributed by atoms with E-state index in [0.717, 1.165) is 43.6 Å². The minimum Gasteiger partial charge on any atom is -0.493 e. The van der Waals surface area contributed by atoms with Gasteiger partial charge in [-0.05, 0) is 62.6 Å². The molecule has 0 bridgehead atoms. The predicted octanol–water partition coefficient (Wildman–Crippen LogP) is 5.46. The molecule has 2 rings (SSSR count). The first-order chi connectivity index (χ1) is 12.7. The molecule has 146 valence electrons. The zero-order valence-electron chi connectivity index (χ0n) is 16.4. The zero-order valence-corrected chi connectivity index (χ0v) is 16.4. The number of hydrogen-bond donors (Lipinski definition) is 0. The third-order valence-electron chi connectivity index (χ3n) is 5.15. The Morgan fingerprint density at radius 2 is 1.65 bits per heavy atom. The van der Waals surface area contributed by atoms with Crippen molar-refractivity contribution in [2.24, 2.45) is 0 Å². The van der Waals surface area contributed by atoms with Crippen molar-refractivity contribution in [3.8, 4) is 11.5 Å². The molecule has 1 aliphatic rings. The van der Waals surface area contributed by atoms with E-state index in [9.17, 15) is 4.79 Å². The van der Waals surface area contributed by atoms with Gasteiger partial charge in [0.1, 0.15) is 0 Å². The van der Waals surface area contributed by atoms with Crippen molar-refractivity contribution in [2.75, 3.05) is 14.2 Å². The van der Waals surface area contributed by atoms with E-state index in [0.29, 0.717) is 12.5 Å². The number of carbonyl (C=O) groups is 1. The van der Waals surface area contributed by atoms with E-state index < -0.39 is 0 Å². The molecule has 1 fully saturated rings. The van der Waals surface area contributed by atoms with Gasteiger partial charge in [0.2, 0.25) is 0 Å². The maximum atomic E-state index is 11.0. The summed E-state index contributed by atoms with van der Waals surface area (Å²) in [6.45, 7) is 0. The van der Waals surface area contributed by atoms with E-state index in [1.165, 1.54) is 51.2 Å². The fourth-order valence-electron chi connectivity index (χ4n) is 3.56. The maximum Gasteiger partial charge on any atom is 0.305 e. The molecule has 0 spiro atoms. The van der Waals surface area contributed by atoms with Crippen molar-refractivity contribution < 1.29 is 19.0 Å². The van der Waals surface area contributed by atoms with Crippen molar-refractivity contribution in [2.45, 2.75) is 83.2 Å². The quantitative estimate of drug-likeness (QED) is 0.366. The highest BCUT2D eigenvalue weighted by Gasteiger charge is 2.18. The molecule has 0 saturated heterocycles. The number of aryl methyl sites for hydroxylation is 1. The smallest absolute Gasteiger partial charge is 0.305 e. The van der Waals surface area contributed by atoms with Gasteiger partial charge in [-0.15, -0.1) is 0 Å². The monoisotopic (exact) mass is 362 g/mol. The highest BCUT2D eigenvalue weighted by molar-refractivity contribution is 5.68. The largest absolute Gasteiger partial charge is 0.493 e. The predicted molar refractivity (Wildman–Crippen MR) is 104 cm³/mol. The fraction of sp³-hybridized carbons (Fsp3) is 0.682. The Balaban J connectivity index is 1.66. The summed E-state index contributed by atoms with van der Waals surface area (Å²) in [6.07, 6.45) is 13.7. The average Bonchev–Trinajstić information content (AvgIpc) is 3.17. The van der Waals surface area contributed by atoms with Crippen LogP contribution in [0.5, 0.6) is 11.5 Å². The van der Waals surface area contributed by atoms with E-state index in [4.69, 9.17) is 9.47 Å². The molecule has 0 amide bonds. The van der Waals surface area contributed by atoms with E-state index >= 15 is 0 Å². The van der Waals surface area contributed by atoms with Crippen LogP contribution in [-0.2, 0) is 16.0 Å². The molecular formula is C22H34O4. The van der Waals surface area contributed by atoms with Crippen LogP contribution in [0.25, 0.3) is 0 Å². The molecule has 4 heteroatoms. The Labute approximate surface area is 158 Å². The first kappa shape index (κ1) is 20.6. The molecule has 0 heterocycles. The first-order valence-electron chi connectivity index (χ1n) is 10.1. The van der Waals surface area contributed by atoms with E-state index in [-0.39, 0.29) is 5.97 Å². The van der Waals surface area contributed by atoms with Crippen molar-refractivity contribution >= 4 is 5.97 Å². The number of esters is 1. The molecule has 0 atom stereocenters. The van der Waals surface area contributed by atoms with Gasteiger partial charge in [-0.3, -0.25) is 4.79 Å². The highest BCUT2D eigenvalue weighted by Crippen LogP contribution is 2.32. The lowest BCUT2D eigenvalue weighted by Gasteiger charge is -2.17. The van der Waals surface area contributed by atoms with Crippen LogP contribution in [0.2, 0.25) is 0 Å². The molecule has 1 aromatic carbocycles. The molecule has 1 saturated carbocycles. The standard InChI is InChI=1S/C22H34O4/c1-24-20-16-15-18(17-21(20)26-19-12-9-10-13-19)11-7-5-3-4-6-8-14-22(23)25-2/h15-17,19H,3-14H2,1-2H3. The van der Waals surface area contributed by atoms with Gasteiger partial charge in [-0.25, -0.2) is 0 Å². The van der Waals surface area contributed by atoms with Crippen molar-refractivity contribution in [3.05, 3.63) is 23.8 Å². The molecule has 0 aromatic heterocycles. The normalized spacial score (nSPS) is 14.4. The van der Waals surface area contributed by atoms with Gasteiger partial charge in [0.15, 0.2) is 11.5 Å². The summed E-state index contributed by atoms with van der Waals surface area (Å²) < 4.78 is 16.3. The number of rotatable bonds is 12. The van der Waals surface area contributed by atoms with E-state index in [1.54, 1.807) is 7.11 Å².